The van der Waals surface area contributed by atoms with E-state index in [0.29, 0.717) is 63.0 Å². The minimum absolute atomic E-state index is 0.0154. The summed E-state index contributed by atoms with van der Waals surface area (Å²) >= 11 is 1.23. The van der Waals surface area contributed by atoms with Gasteiger partial charge in [-0.15, -0.1) is 0 Å². The highest BCUT2D eigenvalue weighted by Crippen LogP contribution is 2.31. The summed E-state index contributed by atoms with van der Waals surface area (Å²) in [5.41, 5.74) is 2.74. The maximum Gasteiger partial charge on any atom is 0.416 e. The average molecular weight is 658 g/mol. The van der Waals surface area contributed by atoms with Crippen LogP contribution in [0, 0.1) is 5.82 Å². The summed E-state index contributed by atoms with van der Waals surface area (Å²) in [4.78, 5) is 33.5. The third-order valence-electron chi connectivity index (χ3n) is 7.86. The van der Waals surface area contributed by atoms with Crippen LogP contribution >= 0.6 is 11.8 Å². The van der Waals surface area contributed by atoms with E-state index in [1.807, 2.05) is 0 Å². The molecule has 46 heavy (non-hydrogen) atoms. The number of carbonyl (C=O) groups excluding carboxylic acids is 1. The molecule has 0 bridgehead atoms. The Bertz CT molecular complexity index is 1880. The van der Waals surface area contributed by atoms with Gasteiger partial charge in [0, 0.05) is 43.5 Å². The van der Waals surface area contributed by atoms with Crippen LogP contribution in [0.5, 0.6) is 0 Å². The lowest BCUT2D eigenvalue weighted by Gasteiger charge is -2.27. The monoisotopic (exact) mass is 657 g/mol. The van der Waals surface area contributed by atoms with E-state index in [4.69, 9.17) is 6.85 Å². The summed E-state index contributed by atoms with van der Waals surface area (Å²) < 4.78 is 94.3. The van der Waals surface area contributed by atoms with Gasteiger partial charge in [0.15, 0.2) is 5.16 Å². The van der Waals surface area contributed by atoms with Gasteiger partial charge in [0.2, 0.25) is 5.91 Å². The van der Waals surface area contributed by atoms with E-state index in [2.05, 4.69) is 4.98 Å². The molecule has 0 atom stereocenters. The maximum atomic E-state index is 14.2. The van der Waals surface area contributed by atoms with Gasteiger partial charge >= 0.3 is 6.18 Å². The van der Waals surface area contributed by atoms with E-state index >= 15 is 0 Å². The fourth-order valence-corrected chi connectivity index (χ4v) is 6.29. The molecule has 0 spiro atoms. The number of halogens is 4. The largest absolute Gasteiger partial charge is 0.416 e. The predicted molar refractivity (Wildman–Crippen MR) is 172 cm³/mol. The highest BCUT2D eigenvalue weighted by atomic mass is 32.2. The molecule has 1 aromatic heterocycles. The van der Waals surface area contributed by atoms with Crippen molar-refractivity contribution in [1.82, 2.24) is 19.4 Å². The number of hydrogen-bond acceptors (Lipinski definition) is 5. The van der Waals surface area contributed by atoms with E-state index in [1.54, 1.807) is 41.0 Å². The highest BCUT2D eigenvalue weighted by Gasteiger charge is 2.30. The summed E-state index contributed by atoms with van der Waals surface area (Å²) in [5, 5.41) is 0.313. The number of rotatable bonds is 12. The third kappa shape index (κ3) is 8.24. The number of amides is 1. The number of fused-ring (bicyclic) bond motifs is 1. The van der Waals surface area contributed by atoms with E-state index in [-0.39, 0.29) is 37.6 Å². The van der Waals surface area contributed by atoms with E-state index in [0.717, 1.165) is 24.6 Å². The van der Waals surface area contributed by atoms with Crippen molar-refractivity contribution in [2.45, 2.75) is 56.4 Å². The van der Waals surface area contributed by atoms with Crippen LogP contribution in [0.4, 0.5) is 17.6 Å². The van der Waals surface area contributed by atoms with Crippen LogP contribution in [0.3, 0.4) is 0 Å². The highest BCUT2D eigenvalue weighted by molar-refractivity contribution is 7.98. The van der Waals surface area contributed by atoms with Crippen molar-refractivity contribution in [3.8, 4) is 11.1 Å². The molecule has 0 saturated heterocycles. The van der Waals surface area contributed by atoms with Gasteiger partial charge in [-0.2, -0.15) is 18.2 Å². The van der Waals surface area contributed by atoms with Crippen LogP contribution in [0.2, 0.25) is 0 Å². The fourth-order valence-electron chi connectivity index (χ4n) is 5.32. The molecule has 6 nitrogen and oxygen atoms in total. The standard InChI is InChI=1S/C35H36F4N4O2S/c1-3-41(2)19-20-42(21-24-7-11-26(12-8-24)27-13-15-28(16-14-27)35(37,38)39)32(44)22-43-31-6-4-5-30(31)33(45)40-34(43)46-23-25-9-17-29(36)18-10-25/h7-18H,3-6,19-23H2,1-2H3/i2D3,3D2. The van der Waals surface area contributed by atoms with E-state index in [9.17, 15) is 27.2 Å². The molecule has 0 saturated carbocycles. The van der Waals surface area contributed by atoms with Gasteiger partial charge in [0.05, 0.1) is 5.56 Å². The number of thioether (sulfide) groups is 1. The molecular weight excluding hydrogens is 616 g/mol. The van der Waals surface area contributed by atoms with Gasteiger partial charge in [0.25, 0.3) is 5.56 Å². The molecule has 0 aliphatic heterocycles. The van der Waals surface area contributed by atoms with Crippen molar-refractivity contribution in [1.29, 1.82) is 0 Å². The summed E-state index contributed by atoms with van der Waals surface area (Å²) in [7, 11) is 0. The zero-order valence-corrected chi connectivity index (χ0v) is 25.9. The minimum atomic E-state index is -4.46. The first-order valence-electron chi connectivity index (χ1n) is 17.2. The quantitative estimate of drug-likeness (QED) is 0.0950. The fraction of sp³-hybridized carbons (Fsp3) is 0.343. The summed E-state index contributed by atoms with van der Waals surface area (Å²) in [6.45, 7) is -4.56. The molecule has 1 aliphatic carbocycles. The lowest BCUT2D eigenvalue weighted by molar-refractivity contribution is -0.137. The molecule has 11 heteroatoms. The molecule has 0 radical (unpaired) electrons. The molecule has 0 N–H and O–H groups in total. The average Bonchev–Trinajstić information content (AvgIpc) is 3.55. The van der Waals surface area contributed by atoms with Crippen LogP contribution in [-0.2, 0) is 42.7 Å². The van der Waals surface area contributed by atoms with Gasteiger partial charge in [0.1, 0.15) is 12.4 Å². The van der Waals surface area contributed by atoms with Gasteiger partial charge < -0.3 is 14.4 Å². The first kappa shape index (κ1) is 27.2. The van der Waals surface area contributed by atoms with Crippen molar-refractivity contribution in [2.24, 2.45) is 0 Å². The van der Waals surface area contributed by atoms with Crippen LogP contribution in [0.25, 0.3) is 11.1 Å². The van der Waals surface area contributed by atoms with E-state index in [1.165, 1.54) is 40.9 Å². The van der Waals surface area contributed by atoms with E-state index < -0.39 is 31.1 Å². The molecule has 4 aromatic rings. The van der Waals surface area contributed by atoms with Crippen molar-refractivity contribution in [3.63, 3.8) is 0 Å². The Balaban J connectivity index is 1.43. The Labute approximate surface area is 277 Å². The SMILES string of the molecule is [2H]C([2H])([2H])N(CCN(Cc1ccc(-c2ccc(C(F)(F)F)cc2)cc1)C(=O)Cn1c(SCc2ccc(F)cc2)nc(=O)c2c1CCC2)C([2H])([2H])C. The number of hydrogen-bond donors (Lipinski definition) is 0. The summed E-state index contributed by atoms with van der Waals surface area (Å²) in [6, 6.07) is 17.5. The number of alkyl halides is 3. The first-order chi connectivity index (χ1) is 23.9. The zero-order valence-electron chi connectivity index (χ0n) is 30.1. The van der Waals surface area contributed by atoms with Crippen LogP contribution in [0.1, 0.15) is 48.1 Å². The molecular formula is C35H36F4N4O2S. The number of nitrogens with zero attached hydrogens (tertiary/aromatic N) is 4. The topological polar surface area (TPSA) is 58.4 Å². The zero-order chi connectivity index (χ0) is 37.1. The first-order valence-corrected chi connectivity index (χ1v) is 15.7. The van der Waals surface area contributed by atoms with Crippen LogP contribution in [-0.4, -0.2) is 51.8 Å². The normalized spacial score (nSPS) is 15.0. The molecule has 242 valence electrons. The predicted octanol–water partition coefficient (Wildman–Crippen LogP) is 6.83. The Kier molecular flexibility index (Phi) is 8.65. The van der Waals surface area contributed by atoms with Gasteiger partial charge in [-0.25, -0.2) is 4.39 Å². The lowest BCUT2D eigenvalue weighted by Crippen LogP contribution is -2.39. The summed E-state index contributed by atoms with van der Waals surface area (Å²) in [6.07, 6.45) is -2.68. The lowest BCUT2D eigenvalue weighted by atomic mass is 10.0. The molecule has 5 rings (SSSR count). The number of aromatic nitrogens is 2. The third-order valence-corrected chi connectivity index (χ3v) is 8.91. The summed E-state index contributed by atoms with van der Waals surface area (Å²) in [5.74, 6) is -0.454. The molecule has 3 aromatic carbocycles. The van der Waals surface area contributed by atoms with Crippen LogP contribution in [0.15, 0.2) is 82.7 Å². The second kappa shape index (κ2) is 14.6. The Morgan fingerprint density at radius 3 is 2.26 bits per heavy atom. The smallest absolute Gasteiger partial charge is 0.336 e. The van der Waals surface area contributed by atoms with Crippen molar-refractivity contribution >= 4 is 17.7 Å². The second-order valence-corrected chi connectivity index (χ2v) is 11.9. The van der Waals surface area contributed by atoms with Crippen molar-refractivity contribution < 1.29 is 29.2 Å². The number of likely N-dealkylation sites (N-methyl/N-ethyl adjacent to an activating group) is 1. The molecule has 1 aliphatic rings. The van der Waals surface area contributed by atoms with Gasteiger partial charge in [-0.05, 0) is 79.3 Å². The Morgan fingerprint density at radius 2 is 1.63 bits per heavy atom. The maximum absolute atomic E-state index is 14.2. The Morgan fingerprint density at radius 1 is 0.978 bits per heavy atom. The van der Waals surface area contributed by atoms with Crippen molar-refractivity contribution in [2.75, 3.05) is 26.6 Å². The molecule has 1 amide bonds. The van der Waals surface area contributed by atoms with Crippen LogP contribution < -0.4 is 5.56 Å². The Hall–Kier alpha value is -3.96. The van der Waals surface area contributed by atoms with Crippen molar-refractivity contribution in [3.05, 3.63) is 117 Å². The second-order valence-electron chi connectivity index (χ2n) is 10.9. The van der Waals surface area contributed by atoms with Gasteiger partial charge in [-0.3, -0.25) is 9.59 Å². The number of carbonyl (C=O) groups is 1. The van der Waals surface area contributed by atoms with Gasteiger partial charge in [-0.1, -0.05) is 67.2 Å². The molecule has 0 fully saturated rings. The molecule has 0 unspecified atom stereocenters. The minimum Gasteiger partial charge on any atom is -0.336 e. The number of benzene rings is 3. The molecule has 1 heterocycles.